The van der Waals surface area contributed by atoms with Gasteiger partial charge in [-0.1, -0.05) is 6.42 Å². The molecule has 1 aliphatic heterocycles. The first-order valence-electron chi connectivity index (χ1n) is 5.73. The molecular formula is C11H21NO3. The molecule has 1 aliphatic rings. The highest BCUT2D eigenvalue weighted by Gasteiger charge is 2.25. The van der Waals surface area contributed by atoms with E-state index in [0.29, 0.717) is 19.2 Å². The SMILES string of the molecule is CCOC(CN1CCCCC1C)C(=O)O. The topological polar surface area (TPSA) is 49.8 Å². The molecule has 0 aromatic carbocycles. The fourth-order valence-electron chi connectivity index (χ4n) is 2.05. The number of carboxylic acids is 1. The maximum absolute atomic E-state index is 10.9. The van der Waals surface area contributed by atoms with Gasteiger partial charge in [-0.15, -0.1) is 0 Å². The molecule has 1 N–H and O–H groups in total. The lowest BCUT2D eigenvalue weighted by molar-refractivity contribution is -0.151. The number of carboxylic acid groups (broad SMARTS) is 1. The largest absolute Gasteiger partial charge is 0.479 e. The van der Waals surface area contributed by atoms with Gasteiger partial charge in [0.05, 0.1) is 0 Å². The Morgan fingerprint density at radius 3 is 2.87 bits per heavy atom. The number of rotatable bonds is 5. The third kappa shape index (κ3) is 3.80. The second kappa shape index (κ2) is 6.08. The molecule has 0 bridgehead atoms. The van der Waals surface area contributed by atoms with E-state index in [4.69, 9.17) is 9.84 Å². The van der Waals surface area contributed by atoms with Crippen LogP contribution in [0.1, 0.15) is 33.1 Å². The van der Waals surface area contributed by atoms with Crippen LogP contribution >= 0.6 is 0 Å². The Hall–Kier alpha value is -0.610. The highest BCUT2D eigenvalue weighted by atomic mass is 16.5. The Morgan fingerprint density at radius 2 is 2.33 bits per heavy atom. The van der Waals surface area contributed by atoms with Crippen LogP contribution in [-0.4, -0.2) is 47.8 Å². The first-order chi connectivity index (χ1) is 7.15. The van der Waals surface area contributed by atoms with Gasteiger partial charge in [-0.3, -0.25) is 4.90 Å². The Balaban J connectivity index is 2.44. The molecule has 0 spiro atoms. The Bertz CT molecular complexity index is 208. The zero-order chi connectivity index (χ0) is 11.3. The van der Waals surface area contributed by atoms with Gasteiger partial charge in [-0.25, -0.2) is 4.79 Å². The molecule has 2 unspecified atom stereocenters. The lowest BCUT2D eigenvalue weighted by atomic mass is 10.0. The van der Waals surface area contributed by atoms with Gasteiger partial charge in [0.1, 0.15) is 0 Å². The molecule has 0 saturated carbocycles. The van der Waals surface area contributed by atoms with Crippen LogP contribution in [0, 0.1) is 0 Å². The van der Waals surface area contributed by atoms with Gasteiger partial charge >= 0.3 is 5.97 Å². The summed E-state index contributed by atoms with van der Waals surface area (Å²) in [6, 6.07) is 0.487. The molecule has 0 amide bonds. The highest BCUT2D eigenvalue weighted by molar-refractivity contribution is 5.72. The quantitative estimate of drug-likeness (QED) is 0.752. The standard InChI is InChI=1S/C11H21NO3/c1-3-15-10(11(13)14)8-12-7-5-4-6-9(12)2/h9-10H,3-8H2,1-2H3,(H,13,14). The number of carbonyl (C=O) groups is 1. The fourth-order valence-corrected chi connectivity index (χ4v) is 2.05. The van der Waals surface area contributed by atoms with E-state index < -0.39 is 12.1 Å². The van der Waals surface area contributed by atoms with Crippen LogP contribution in [0.15, 0.2) is 0 Å². The summed E-state index contributed by atoms with van der Waals surface area (Å²) in [5.41, 5.74) is 0. The van der Waals surface area contributed by atoms with E-state index in [1.165, 1.54) is 19.3 Å². The molecule has 2 atom stereocenters. The Morgan fingerprint density at radius 1 is 1.60 bits per heavy atom. The van der Waals surface area contributed by atoms with E-state index in [-0.39, 0.29) is 0 Å². The minimum Gasteiger partial charge on any atom is -0.479 e. The fraction of sp³-hybridized carbons (Fsp3) is 0.909. The van der Waals surface area contributed by atoms with Gasteiger partial charge in [-0.05, 0) is 33.2 Å². The zero-order valence-electron chi connectivity index (χ0n) is 9.61. The predicted octanol–water partition coefficient (Wildman–Crippen LogP) is 1.35. The average Bonchev–Trinajstić information content (AvgIpc) is 2.20. The third-order valence-electron chi connectivity index (χ3n) is 2.98. The summed E-state index contributed by atoms with van der Waals surface area (Å²) in [4.78, 5) is 13.1. The number of likely N-dealkylation sites (tertiary alicyclic amines) is 1. The van der Waals surface area contributed by atoms with Crippen molar-refractivity contribution >= 4 is 5.97 Å². The van der Waals surface area contributed by atoms with Crippen molar-refractivity contribution in [3.05, 3.63) is 0 Å². The lowest BCUT2D eigenvalue weighted by Gasteiger charge is -2.34. The molecular weight excluding hydrogens is 194 g/mol. The molecule has 15 heavy (non-hydrogen) atoms. The first-order valence-corrected chi connectivity index (χ1v) is 5.73. The average molecular weight is 215 g/mol. The van der Waals surface area contributed by atoms with E-state index in [2.05, 4.69) is 11.8 Å². The van der Waals surface area contributed by atoms with Gasteiger partial charge in [0, 0.05) is 19.2 Å². The van der Waals surface area contributed by atoms with E-state index in [9.17, 15) is 4.79 Å². The maximum atomic E-state index is 10.9. The van der Waals surface area contributed by atoms with E-state index in [1.54, 1.807) is 0 Å². The van der Waals surface area contributed by atoms with Crippen LogP contribution in [0.2, 0.25) is 0 Å². The molecule has 0 aromatic heterocycles. The Labute approximate surface area is 91.2 Å². The van der Waals surface area contributed by atoms with E-state index in [0.717, 1.165) is 6.54 Å². The lowest BCUT2D eigenvalue weighted by Crippen LogP contribution is -2.45. The third-order valence-corrected chi connectivity index (χ3v) is 2.98. The number of ether oxygens (including phenoxy) is 1. The van der Waals surface area contributed by atoms with Crippen molar-refractivity contribution in [1.82, 2.24) is 4.90 Å². The van der Waals surface area contributed by atoms with Crippen molar-refractivity contribution in [3.8, 4) is 0 Å². The number of piperidine rings is 1. The van der Waals surface area contributed by atoms with Crippen LogP contribution in [-0.2, 0) is 9.53 Å². The van der Waals surface area contributed by atoms with Crippen molar-refractivity contribution in [2.75, 3.05) is 19.7 Å². The summed E-state index contributed by atoms with van der Waals surface area (Å²) in [6.07, 6.45) is 2.92. The second-order valence-corrected chi connectivity index (χ2v) is 4.12. The monoisotopic (exact) mass is 215 g/mol. The molecule has 4 nitrogen and oxygen atoms in total. The maximum Gasteiger partial charge on any atom is 0.334 e. The summed E-state index contributed by atoms with van der Waals surface area (Å²) < 4.78 is 5.21. The predicted molar refractivity (Wildman–Crippen MR) is 57.9 cm³/mol. The van der Waals surface area contributed by atoms with Crippen LogP contribution in [0.3, 0.4) is 0 Å². The minimum absolute atomic E-state index is 0.458. The van der Waals surface area contributed by atoms with Gasteiger partial charge in [-0.2, -0.15) is 0 Å². The van der Waals surface area contributed by atoms with Crippen molar-refractivity contribution < 1.29 is 14.6 Å². The van der Waals surface area contributed by atoms with E-state index in [1.807, 2.05) is 6.92 Å². The molecule has 4 heteroatoms. The normalized spacial score (nSPS) is 25.1. The second-order valence-electron chi connectivity index (χ2n) is 4.12. The van der Waals surface area contributed by atoms with Crippen molar-refractivity contribution in [2.24, 2.45) is 0 Å². The van der Waals surface area contributed by atoms with Crippen LogP contribution in [0.4, 0.5) is 0 Å². The summed E-state index contributed by atoms with van der Waals surface area (Å²) in [7, 11) is 0. The van der Waals surface area contributed by atoms with Gasteiger partial charge < -0.3 is 9.84 Å². The molecule has 0 radical (unpaired) electrons. The van der Waals surface area contributed by atoms with Crippen molar-refractivity contribution in [1.29, 1.82) is 0 Å². The minimum atomic E-state index is -0.852. The first kappa shape index (κ1) is 12.5. The molecule has 0 aromatic rings. The zero-order valence-corrected chi connectivity index (χ0v) is 9.61. The van der Waals surface area contributed by atoms with Crippen LogP contribution < -0.4 is 0 Å². The van der Waals surface area contributed by atoms with Gasteiger partial charge in [0.2, 0.25) is 0 Å². The summed E-state index contributed by atoms with van der Waals surface area (Å²) >= 11 is 0. The summed E-state index contributed by atoms with van der Waals surface area (Å²) in [6.45, 7) is 5.96. The smallest absolute Gasteiger partial charge is 0.334 e. The van der Waals surface area contributed by atoms with Crippen LogP contribution in [0.5, 0.6) is 0 Å². The molecule has 1 fully saturated rings. The molecule has 88 valence electrons. The molecule has 1 heterocycles. The van der Waals surface area contributed by atoms with E-state index >= 15 is 0 Å². The number of aliphatic carboxylic acids is 1. The van der Waals surface area contributed by atoms with Crippen molar-refractivity contribution in [2.45, 2.75) is 45.3 Å². The van der Waals surface area contributed by atoms with Gasteiger partial charge in [0.15, 0.2) is 6.10 Å². The Kier molecular flexibility index (Phi) is 5.05. The molecule has 1 rings (SSSR count). The number of hydrogen-bond acceptors (Lipinski definition) is 3. The summed E-state index contributed by atoms with van der Waals surface area (Å²) in [5.74, 6) is -0.852. The number of nitrogens with zero attached hydrogens (tertiary/aromatic N) is 1. The highest BCUT2D eigenvalue weighted by Crippen LogP contribution is 2.17. The van der Waals surface area contributed by atoms with Gasteiger partial charge in [0.25, 0.3) is 0 Å². The molecule has 1 saturated heterocycles. The van der Waals surface area contributed by atoms with Crippen LogP contribution in [0.25, 0.3) is 0 Å². The number of hydrogen-bond donors (Lipinski definition) is 1. The summed E-state index contributed by atoms with van der Waals surface area (Å²) in [5, 5.41) is 8.97. The van der Waals surface area contributed by atoms with Crippen molar-refractivity contribution in [3.63, 3.8) is 0 Å². The molecule has 0 aliphatic carbocycles.